The van der Waals surface area contributed by atoms with Gasteiger partial charge in [-0.25, -0.2) is 0 Å². The Morgan fingerprint density at radius 3 is 2.50 bits per heavy atom. The lowest BCUT2D eigenvalue weighted by Crippen LogP contribution is -2.40. The zero-order valence-corrected chi connectivity index (χ0v) is 17.4. The van der Waals surface area contributed by atoms with Crippen molar-refractivity contribution in [2.45, 2.75) is 32.7 Å². The number of aromatic nitrogens is 2. The zero-order chi connectivity index (χ0) is 21.1. The van der Waals surface area contributed by atoms with Crippen molar-refractivity contribution in [2.75, 3.05) is 23.3 Å². The lowest BCUT2D eigenvalue weighted by Gasteiger charge is -2.34. The van der Waals surface area contributed by atoms with Crippen LogP contribution < -0.4 is 16.0 Å². The van der Waals surface area contributed by atoms with E-state index in [1.54, 1.807) is 30.6 Å². The minimum absolute atomic E-state index is 0.222. The van der Waals surface area contributed by atoms with Gasteiger partial charge in [0.25, 0.3) is 5.91 Å². The molecular weight excluding hydrogens is 374 g/mol. The number of anilines is 2. The highest BCUT2D eigenvalue weighted by atomic mass is 16.1. The lowest BCUT2D eigenvalue weighted by molar-refractivity contribution is 0.102. The molecule has 30 heavy (non-hydrogen) atoms. The topological polar surface area (TPSA) is 84.1 Å². The van der Waals surface area contributed by atoms with Gasteiger partial charge < -0.3 is 16.0 Å². The molecule has 6 heteroatoms. The molecule has 0 saturated carbocycles. The molecule has 1 aliphatic rings. The first-order valence-corrected chi connectivity index (χ1v) is 10.3. The highest BCUT2D eigenvalue weighted by molar-refractivity contribution is 6.06. The van der Waals surface area contributed by atoms with Crippen molar-refractivity contribution < 1.29 is 4.79 Å². The molecule has 1 aliphatic heterocycles. The molecule has 3 N–H and O–H groups in total. The largest absolute Gasteiger partial charge is 0.369 e. The van der Waals surface area contributed by atoms with Crippen molar-refractivity contribution in [3.63, 3.8) is 0 Å². The first kappa shape index (κ1) is 20.0. The fourth-order valence-corrected chi connectivity index (χ4v) is 4.03. The Hall–Kier alpha value is -3.25. The van der Waals surface area contributed by atoms with Crippen LogP contribution in [0.3, 0.4) is 0 Å². The van der Waals surface area contributed by atoms with E-state index in [-0.39, 0.29) is 11.9 Å². The van der Waals surface area contributed by atoms with Crippen LogP contribution in [0.5, 0.6) is 0 Å². The van der Waals surface area contributed by atoms with Gasteiger partial charge >= 0.3 is 0 Å². The average Bonchev–Trinajstić information content (AvgIpc) is 2.74. The summed E-state index contributed by atoms with van der Waals surface area (Å²) in [4.78, 5) is 23.7. The van der Waals surface area contributed by atoms with E-state index < -0.39 is 0 Å². The van der Waals surface area contributed by atoms with Crippen molar-refractivity contribution in [3.05, 3.63) is 71.8 Å². The standard InChI is InChI=1S/C24H27N5O/c1-16-11-17(2)13-18(12-16)20-14-26-15-22(23(20)29-9-6-19(25)7-10-29)28-24(30)21-5-3-4-8-27-21/h3-5,8,11-15,19H,6-7,9-10,25H2,1-2H3,(H,28,30). The lowest BCUT2D eigenvalue weighted by atomic mass is 9.98. The fourth-order valence-electron chi connectivity index (χ4n) is 4.03. The van der Waals surface area contributed by atoms with E-state index in [0.29, 0.717) is 11.4 Å². The van der Waals surface area contributed by atoms with Crippen molar-refractivity contribution >= 4 is 17.3 Å². The Bertz CT molecular complexity index is 1020. The summed E-state index contributed by atoms with van der Waals surface area (Å²) in [7, 11) is 0. The number of benzene rings is 1. The molecule has 1 saturated heterocycles. The van der Waals surface area contributed by atoms with Gasteiger partial charge in [-0.15, -0.1) is 0 Å². The number of pyridine rings is 2. The maximum absolute atomic E-state index is 12.8. The highest BCUT2D eigenvalue weighted by Crippen LogP contribution is 2.38. The summed E-state index contributed by atoms with van der Waals surface area (Å²) in [6, 6.07) is 12.0. The average molecular weight is 402 g/mol. The predicted octanol–water partition coefficient (Wildman–Crippen LogP) is 3.94. The molecule has 3 heterocycles. The smallest absolute Gasteiger partial charge is 0.274 e. The van der Waals surface area contributed by atoms with Crippen LogP contribution in [0, 0.1) is 13.8 Å². The van der Waals surface area contributed by atoms with Gasteiger partial charge in [-0.3, -0.25) is 14.8 Å². The summed E-state index contributed by atoms with van der Waals surface area (Å²) in [5, 5.41) is 3.04. The molecule has 1 aromatic carbocycles. The Balaban J connectivity index is 1.78. The molecule has 0 aliphatic carbocycles. The first-order valence-electron chi connectivity index (χ1n) is 10.3. The quantitative estimate of drug-likeness (QED) is 0.692. The van der Waals surface area contributed by atoms with E-state index in [2.05, 4.69) is 52.2 Å². The SMILES string of the molecule is Cc1cc(C)cc(-c2cncc(NC(=O)c3ccccn3)c2N2CCC(N)CC2)c1. The Kier molecular flexibility index (Phi) is 5.77. The number of piperidine rings is 1. The van der Waals surface area contributed by atoms with Crippen LogP contribution in [-0.2, 0) is 0 Å². The summed E-state index contributed by atoms with van der Waals surface area (Å²) < 4.78 is 0. The van der Waals surface area contributed by atoms with E-state index >= 15 is 0 Å². The highest BCUT2D eigenvalue weighted by Gasteiger charge is 2.24. The third kappa shape index (κ3) is 4.33. The molecule has 0 unspecified atom stereocenters. The summed E-state index contributed by atoms with van der Waals surface area (Å²) in [5.41, 5.74) is 12.7. The number of nitrogens with zero attached hydrogens (tertiary/aromatic N) is 3. The molecule has 6 nitrogen and oxygen atoms in total. The van der Waals surface area contributed by atoms with Crippen LogP contribution in [0.25, 0.3) is 11.1 Å². The maximum atomic E-state index is 12.8. The second-order valence-electron chi connectivity index (χ2n) is 7.95. The Labute approximate surface area is 177 Å². The van der Waals surface area contributed by atoms with Crippen LogP contribution in [0.1, 0.15) is 34.5 Å². The van der Waals surface area contributed by atoms with Crippen LogP contribution >= 0.6 is 0 Å². The van der Waals surface area contributed by atoms with Crippen molar-refractivity contribution in [1.29, 1.82) is 0 Å². The fraction of sp³-hybridized carbons (Fsp3) is 0.292. The molecule has 4 rings (SSSR count). The number of hydrogen-bond donors (Lipinski definition) is 2. The zero-order valence-electron chi connectivity index (χ0n) is 17.4. The van der Waals surface area contributed by atoms with Gasteiger partial charge in [0.2, 0.25) is 0 Å². The van der Waals surface area contributed by atoms with Gasteiger partial charge in [-0.05, 0) is 44.4 Å². The number of carbonyl (C=O) groups is 1. The van der Waals surface area contributed by atoms with Crippen molar-refractivity contribution in [3.8, 4) is 11.1 Å². The number of carbonyl (C=O) groups excluding carboxylic acids is 1. The molecule has 0 atom stereocenters. The summed E-state index contributed by atoms with van der Waals surface area (Å²) in [6.07, 6.45) is 7.06. The molecule has 1 amide bonds. The number of nitrogens with one attached hydrogen (secondary N) is 1. The van der Waals surface area contributed by atoms with Crippen LogP contribution in [0.4, 0.5) is 11.4 Å². The molecular formula is C24H27N5O. The number of hydrogen-bond acceptors (Lipinski definition) is 5. The Morgan fingerprint density at radius 2 is 1.83 bits per heavy atom. The molecule has 0 radical (unpaired) electrons. The van der Waals surface area contributed by atoms with Crippen molar-refractivity contribution in [1.82, 2.24) is 9.97 Å². The third-order valence-electron chi connectivity index (χ3n) is 5.45. The van der Waals surface area contributed by atoms with E-state index in [4.69, 9.17) is 5.73 Å². The van der Waals surface area contributed by atoms with E-state index in [0.717, 1.165) is 42.7 Å². The minimum atomic E-state index is -0.245. The number of aryl methyl sites for hydroxylation is 2. The molecule has 0 bridgehead atoms. The van der Waals surface area contributed by atoms with Gasteiger partial charge in [0.05, 0.1) is 17.6 Å². The minimum Gasteiger partial charge on any atom is -0.369 e. The molecule has 1 fully saturated rings. The molecule has 2 aromatic heterocycles. The molecule has 0 spiro atoms. The van der Waals surface area contributed by atoms with E-state index in [9.17, 15) is 4.79 Å². The number of nitrogens with two attached hydrogens (primary N) is 1. The number of amides is 1. The normalized spacial score (nSPS) is 14.6. The predicted molar refractivity (Wildman–Crippen MR) is 121 cm³/mol. The van der Waals surface area contributed by atoms with Gasteiger partial charge in [0.15, 0.2) is 0 Å². The van der Waals surface area contributed by atoms with Gasteiger partial charge in [-0.2, -0.15) is 0 Å². The van der Waals surface area contributed by atoms with Gasteiger partial charge in [0.1, 0.15) is 5.69 Å². The summed E-state index contributed by atoms with van der Waals surface area (Å²) in [6.45, 7) is 5.87. The second kappa shape index (κ2) is 8.63. The summed E-state index contributed by atoms with van der Waals surface area (Å²) in [5.74, 6) is -0.245. The number of rotatable bonds is 4. The van der Waals surface area contributed by atoms with Gasteiger partial charge in [0, 0.05) is 37.1 Å². The van der Waals surface area contributed by atoms with E-state index in [1.807, 2.05) is 6.20 Å². The second-order valence-corrected chi connectivity index (χ2v) is 7.95. The third-order valence-corrected chi connectivity index (χ3v) is 5.45. The molecule has 3 aromatic rings. The van der Waals surface area contributed by atoms with Crippen LogP contribution in [-0.4, -0.2) is 35.0 Å². The van der Waals surface area contributed by atoms with Gasteiger partial charge in [-0.1, -0.05) is 35.4 Å². The van der Waals surface area contributed by atoms with Crippen LogP contribution in [0.2, 0.25) is 0 Å². The van der Waals surface area contributed by atoms with Crippen LogP contribution in [0.15, 0.2) is 55.0 Å². The van der Waals surface area contributed by atoms with E-state index in [1.165, 1.54) is 11.1 Å². The monoisotopic (exact) mass is 401 g/mol. The summed E-state index contributed by atoms with van der Waals surface area (Å²) >= 11 is 0. The maximum Gasteiger partial charge on any atom is 0.274 e. The Morgan fingerprint density at radius 1 is 1.10 bits per heavy atom. The first-order chi connectivity index (χ1) is 14.5. The molecule has 154 valence electrons. The van der Waals surface area contributed by atoms with Crippen molar-refractivity contribution in [2.24, 2.45) is 5.73 Å².